The molecule has 0 aromatic carbocycles. The molecule has 2 rings (SSSR count). The van der Waals surface area contributed by atoms with Gasteiger partial charge in [-0.3, -0.25) is 9.59 Å². The standard InChI is InChI=1S/C18H22N4O2S2/c23-17(21-19-11-15-7-9-25-13-15)5-3-1-2-4-6-18(24)22-20-12-16-8-10-26-14-16/h7-14H,1-6H2,(H,21,23)(H,22,24)/b19-11+,20-12+. The first kappa shape index (κ1) is 20.0. The van der Waals surface area contributed by atoms with Gasteiger partial charge in [0.2, 0.25) is 11.8 Å². The van der Waals surface area contributed by atoms with Crippen LogP contribution in [0.2, 0.25) is 0 Å². The lowest BCUT2D eigenvalue weighted by Gasteiger charge is -2.01. The van der Waals surface area contributed by atoms with Crippen molar-refractivity contribution < 1.29 is 9.59 Å². The maximum atomic E-state index is 11.6. The fourth-order valence-electron chi connectivity index (χ4n) is 2.09. The van der Waals surface area contributed by atoms with Crippen molar-refractivity contribution >= 4 is 46.9 Å². The summed E-state index contributed by atoms with van der Waals surface area (Å²) >= 11 is 3.17. The first-order valence-electron chi connectivity index (χ1n) is 8.42. The van der Waals surface area contributed by atoms with E-state index in [1.54, 1.807) is 35.1 Å². The molecule has 0 bridgehead atoms. The fraction of sp³-hybridized carbons (Fsp3) is 0.333. The van der Waals surface area contributed by atoms with E-state index >= 15 is 0 Å². The maximum Gasteiger partial charge on any atom is 0.240 e. The van der Waals surface area contributed by atoms with E-state index in [-0.39, 0.29) is 11.8 Å². The number of amides is 2. The Morgan fingerprint density at radius 1 is 0.808 bits per heavy atom. The second kappa shape index (κ2) is 12.1. The maximum absolute atomic E-state index is 11.6. The van der Waals surface area contributed by atoms with Crippen LogP contribution in [0, 0.1) is 0 Å². The van der Waals surface area contributed by atoms with Gasteiger partial charge in [0, 0.05) is 24.0 Å². The smallest absolute Gasteiger partial charge is 0.240 e. The molecule has 8 heteroatoms. The van der Waals surface area contributed by atoms with Gasteiger partial charge in [-0.1, -0.05) is 12.8 Å². The Morgan fingerprint density at radius 3 is 1.65 bits per heavy atom. The summed E-state index contributed by atoms with van der Waals surface area (Å²) in [5.74, 6) is -0.172. The van der Waals surface area contributed by atoms with Crippen molar-refractivity contribution in [2.45, 2.75) is 38.5 Å². The lowest BCUT2D eigenvalue weighted by molar-refractivity contribution is -0.122. The average molecular weight is 391 g/mol. The molecule has 0 aliphatic rings. The number of carbonyl (C=O) groups is 2. The highest BCUT2D eigenvalue weighted by atomic mass is 32.1. The predicted molar refractivity (Wildman–Crippen MR) is 108 cm³/mol. The molecule has 0 aliphatic heterocycles. The highest BCUT2D eigenvalue weighted by Gasteiger charge is 2.02. The van der Waals surface area contributed by atoms with Crippen LogP contribution in [-0.2, 0) is 9.59 Å². The van der Waals surface area contributed by atoms with Crippen LogP contribution < -0.4 is 10.9 Å². The zero-order chi connectivity index (χ0) is 18.5. The third-order valence-electron chi connectivity index (χ3n) is 3.45. The van der Waals surface area contributed by atoms with E-state index in [0.29, 0.717) is 12.8 Å². The Kier molecular flexibility index (Phi) is 9.31. The second-order valence-corrected chi connectivity index (χ2v) is 7.17. The van der Waals surface area contributed by atoms with E-state index in [0.717, 1.165) is 36.8 Å². The zero-order valence-electron chi connectivity index (χ0n) is 14.4. The monoisotopic (exact) mass is 390 g/mol. The fourth-order valence-corrected chi connectivity index (χ4v) is 3.31. The molecule has 2 aromatic rings. The van der Waals surface area contributed by atoms with Gasteiger partial charge in [0.1, 0.15) is 0 Å². The summed E-state index contributed by atoms with van der Waals surface area (Å²) in [6.45, 7) is 0. The van der Waals surface area contributed by atoms with Crippen LogP contribution in [0.4, 0.5) is 0 Å². The van der Waals surface area contributed by atoms with Gasteiger partial charge in [-0.25, -0.2) is 10.9 Å². The van der Waals surface area contributed by atoms with Crippen molar-refractivity contribution in [2.24, 2.45) is 10.2 Å². The van der Waals surface area contributed by atoms with E-state index in [1.807, 2.05) is 33.7 Å². The summed E-state index contributed by atoms with van der Waals surface area (Å²) in [7, 11) is 0. The number of nitrogens with one attached hydrogen (secondary N) is 2. The van der Waals surface area contributed by atoms with Crippen molar-refractivity contribution in [3.05, 3.63) is 44.8 Å². The second-order valence-electron chi connectivity index (χ2n) is 5.61. The first-order valence-corrected chi connectivity index (χ1v) is 10.3. The molecule has 0 aliphatic carbocycles. The van der Waals surface area contributed by atoms with Gasteiger partial charge in [0.05, 0.1) is 12.4 Å². The van der Waals surface area contributed by atoms with Gasteiger partial charge in [0.25, 0.3) is 0 Å². The molecule has 0 radical (unpaired) electrons. The van der Waals surface area contributed by atoms with E-state index in [1.165, 1.54) is 0 Å². The number of carbonyl (C=O) groups excluding carboxylic acids is 2. The van der Waals surface area contributed by atoms with Gasteiger partial charge < -0.3 is 0 Å². The molecule has 0 saturated heterocycles. The number of rotatable bonds is 11. The molecule has 26 heavy (non-hydrogen) atoms. The Bertz CT molecular complexity index is 647. The summed E-state index contributed by atoms with van der Waals surface area (Å²) in [5, 5.41) is 15.7. The van der Waals surface area contributed by atoms with E-state index in [2.05, 4.69) is 21.1 Å². The van der Waals surface area contributed by atoms with E-state index in [4.69, 9.17) is 0 Å². The Morgan fingerprint density at radius 2 is 1.27 bits per heavy atom. The van der Waals surface area contributed by atoms with Crippen LogP contribution >= 0.6 is 22.7 Å². The first-order chi connectivity index (χ1) is 12.7. The van der Waals surface area contributed by atoms with Gasteiger partial charge in [0.15, 0.2) is 0 Å². The molecule has 0 unspecified atom stereocenters. The van der Waals surface area contributed by atoms with Gasteiger partial charge >= 0.3 is 0 Å². The third kappa shape index (κ3) is 8.68. The number of nitrogens with zero attached hydrogens (tertiary/aromatic N) is 2. The normalized spacial score (nSPS) is 11.2. The van der Waals surface area contributed by atoms with Crippen LogP contribution in [0.15, 0.2) is 43.9 Å². The lowest BCUT2D eigenvalue weighted by Crippen LogP contribution is -2.17. The minimum atomic E-state index is -0.0861. The Balaban J connectivity index is 1.44. The summed E-state index contributed by atoms with van der Waals surface area (Å²) in [4.78, 5) is 23.3. The Labute approximate surface area is 161 Å². The predicted octanol–water partition coefficient (Wildman–Crippen LogP) is 3.75. The molecule has 2 heterocycles. The molecule has 2 amide bonds. The molecule has 0 atom stereocenters. The molecule has 138 valence electrons. The van der Waals surface area contributed by atoms with Crippen LogP contribution in [0.1, 0.15) is 49.7 Å². The van der Waals surface area contributed by atoms with Crippen molar-refractivity contribution in [1.82, 2.24) is 10.9 Å². The number of hydrazone groups is 2. The molecule has 0 fully saturated rings. The molecule has 0 spiro atoms. The zero-order valence-corrected chi connectivity index (χ0v) is 16.0. The van der Waals surface area contributed by atoms with Crippen molar-refractivity contribution in [2.75, 3.05) is 0 Å². The molecular weight excluding hydrogens is 368 g/mol. The minimum absolute atomic E-state index is 0.0861. The lowest BCUT2D eigenvalue weighted by atomic mass is 10.1. The van der Waals surface area contributed by atoms with E-state index in [9.17, 15) is 9.59 Å². The summed E-state index contributed by atoms with van der Waals surface area (Å²) in [6.07, 6.45) is 7.55. The van der Waals surface area contributed by atoms with Gasteiger partial charge in [-0.15, -0.1) is 0 Å². The molecule has 6 nitrogen and oxygen atoms in total. The number of unbranched alkanes of at least 4 members (excludes halogenated alkanes) is 3. The Hall–Kier alpha value is -2.32. The summed E-state index contributed by atoms with van der Waals surface area (Å²) in [5.41, 5.74) is 7.00. The van der Waals surface area contributed by atoms with Crippen LogP contribution in [0.5, 0.6) is 0 Å². The minimum Gasteiger partial charge on any atom is -0.273 e. The number of hydrogen-bond donors (Lipinski definition) is 2. The van der Waals surface area contributed by atoms with Gasteiger partial charge in [-0.2, -0.15) is 32.9 Å². The third-order valence-corrected chi connectivity index (χ3v) is 4.85. The molecule has 0 saturated carbocycles. The van der Waals surface area contributed by atoms with Gasteiger partial charge in [-0.05, 0) is 46.5 Å². The highest BCUT2D eigenvalue weighted by molar-refractivity contribution is 7.08. The average Bonchev–Trinajstić information content (AvgIpc) is 3.32. The molecule has 2 N–H and O–H groups in total. The van der Waals surface area contributed by atoms with Crippen LogP contribution in [0.25, 0.3) is 0 Å². The van der Waals surface area contributed by atoms with Crippen LogP contribution in [0.3, 0.4) is 0 Å². The quantitative estimate of drug-likeness (QED) is 0.348. The van der Waals surface area contributed by atoms with Crippen molar-refractivity contribution in [1.29, 1.82) is 0 Å². The summed E-state index contributed by atoms with van der Waals surface area (Å²) < 4.78 is 0. The highest BCUT2D eigenvalue weighted by Crippen LogP contribution is 2.06. The SMILES string of the molecule is O=C(CCCCCCC(=O)N/N=C/c1ccsc1)N/N=C/c1ccsc1. The van der Waals surface area contributed by atoms with Crippen molar-refractivity contribution in [3.63, 3.8) is 0 Å². The summed E-state index contributed by atoms with van der Waals surface area (Å²) in [6, 6.07) is 3.87. The number of hydrogen-bond acceptors (Lipinski definition) is 6. The topological polar surface area (TPSA) is 82.9 Å². The number of thiophene rings is 2. The largest absolute Gasteiger partial charge is 0.273 e. The molecular formula is C18H22N4O2S2. The van der Waals surface area contributed by atoms with E-state index < -0.39 is 0 Å². The molecule has 2 aromatic heterocycles. The van der Waals surface area contributed by atoms with Crippen molar-refractivity contribution in [3.8, 4) is 0 Å². The van der Waals surface area contributed by atoms with Crippen LogP contribution in [-0.4, -0.2) is 24.2 Å².